The highest BCUT2D eigenvalue weighted by atomic mass is 16.7. The van der Waals surface area contributed by atoms with Crippen LogP contribution in [0.15, 0.2) is 24.3 Å². The zero-order chi connectivity index (χ0) is 15.0. The summed E-state index contributed by atoms with van der Waals surface area (Å²) < 4.78 is 11.3. The molecule has 0 saturated carbocycles. The fourth-order valence-corrected chi connectivity index (χ4v) is 2.15. The second kappa shape index (κ2) is 4.80. The molecule has 0 fully saturated rings. The molecule has 110 valence electrons. The number of aromatic nitrogens is 2. The summed E-state index contributed by atoms with van der Waals surface area (Å²) in [6.07, 6.45) is 0.805. The van der Waals surface area contributed by atoms with Crippen LogP contribution in [0.3, 0.4) is 0 Å². The number of aromatic amines is 1. The van der Waals surface area contributed by atoms with Gasteiger partial charge in [-0.15, -0.1) is 0 Å². The molecular weight excluding hydrogens is 270 g/mol. The van der Waals surface area contributed by atoms with Gasteiger partial charge in [0.25, 0.3) is 5.91 Å². The number of ether oxygens (including phenoxy) is 2. The molecule has 6 nitrogen and oxygen atoms in total. The van der Waals surface area contributed by atoms with E-state index in [1.807, 2.05) is 20.8 Å². The quantitative estimate of drug-likeness (QED) is 0.910. The number of fused-ring (bicyclic) bond motifs is 1. The molecular formula is C15H17N3O3. The Morgan fingerprint density at radius 3 is 2.76 bits per heavy atom. The van der Waals surface area contributed by atoms with Crippen LogP contribution in [-0.2, 0) is 6.42 Å². The molecule has 2 N–H and O–H groups in total. The Bertz CT molecular complexity index is 691. The Balaban J connectivity index is 1.76. The van der Waals surface area contributed by atoms with Crippen LogP contribution in [0, 0.1) is 0 Å². The van der Waals surface area contributed by atoms with Gasteiger partial charge in [-0.25, -0.2) is 0 Å². The number of aryl methyl sites for hydroxylation is 1. The van der Waals surface area contributed by atoms with Crippen LogP contribution in [0.5, 0.6) is 11.5 Å². The summed E-state index contributed by atoms with van der Waals surface area (Å²) in [5, 5.41) is 9.60. The average Bonchev–Trinajstić information content (AvgIpc) is 3.00. The lowest BCUT2D eigenvalue weighted by molar-refractivity contribution is -0.0431. The molecule has 0 atom stereocenters. The minimum atomic E-state index is -0.677. The summed E-state index contributed by atoms with van der Waals surface area (Å²) in [6, 6.07) is 7.04. The Morgan fingerprint density at radius 1 is 1.29 bits per heavy atom. The zero-order valence-corrected chi connectivity index (χ0v) is 12.2. The molecule has 0 spiro atoms. The number of H-pyrrole nitrogens is 1. The summed E-state index contributed by atoms with van der Waals surface area (Å²) in [5.74, 6) is 0.354. The second-order valence-electron chi connectivity index (χ2n) is 5.35. The van der Waals surface area contributed by atoms with Crippen molar-refractivity contribution in [2.45, 2.75) is 33.0 Å². The lowest BCUT2D eigenvalue weighted by Gasteiger charge is -2.16. The number of carbonyl (C=O) groups excluding carboxylic acids is 1. The number of nitrogens with zero attached hydrogens (tertiary/aromatic N) is 1. The van der Waals surface area contributed by atoms with E-state index in [9.17, 15) is 4.79 Å². The van der Waals surface area contributed by atoms with Gasteiger partial charge >= 0.3 is 0 Å². The van der Waals surface area contributed by atoms with Crippen molar-refractivity contribution < 1.29 is 14.3 Å². The van der Waals surface area contributed by atoms with Gasteiger partial charge in [-0.05, 0) is 24.6 Å². The van der Waals surface area contributed by atoms with Gasteiger partial charge in [0.1, 0.15) is 0 Å². The van der Waals surface area contributed by atoms with Gasteiger partial charge < -0.3 is 14.8 Å². The van der Waals surface area contributed by atoms with Crippen molar-refractivity contribution in [3.05, 3.63) is 35.7 Å². The van der Waals surface area contributed by atoms with Crippen molar-refractivity contribution in [3.63, 3.8) is 0 Å². The molecule has 21 heavy (non-hydrogen) atoms. The number of carbonyl (C=O) groups is 1. The first-order valence-corrected chi connectivity index (χ1v) is 6.84. The lowest BCUT2D eigenvalue weighted by Crippen LogP contribution is -2.29. The standard InChI is InChI=1S/C15H17N3O3/c1-4-9-7-11(18-17-9)14(19)16-10-5-6-12-13(8-10)21-15(2,3)20-12/h5-8H,4H2,1-3H3,(H,16,19)(H,17,18). The topological polar surface area (TPSA) is 76.2 Å². The molecule has 0 saturated heterocycles. The first-order chi connectivity index (χ1) is 9.97. The Kier molecular flexibility index (Phi) is 3.08. The molecule has 1 aromatic heterocycles. The van der Waals surface area contributed by atoms with E-state index in [1.165, 1.54) is 0 Å². The molecule has 3 rings (SSSR count). The van der Waals surface area contributed by atoms with Crippen molar-refractivity contribution in [1.29, 1.82) is 0 Å². The summed E-state index contributed by atoms with van der Waals surface area (Å²) in [4.78, 5) is 12.1. The van der Waals surface area contributed by atoms with Crippen molar-refractivity contribution >= 4 is 11.6 Å². The number of hydrogen-bond donors (Lipinski definition) is 2. The van der Waals surface area contributed by atoms with Gasteiger partial charge in [0.15, 0.2) is 17.2 Å². The first-order valence-electron chi connectivity index (χ1n) is 6.84. The predicted molar refractivity (Wildman–Crippen MR) is 77.7 cm³/mol. The molecule has 1 amide bonds. The highest BCUT2D eigenvalue weighted by Crippen LogP contribution is 2.40. The van der Waals surface area contributed by atoms with Gasteiger partial charge in [0.05, 0.1) is 0 Å². The van der Waals surface area contributed by atoms with Gasteiger partial charge in [-0.2, -0.15) is 5.10 Å². The maximum absolute atomic E-state index is 12.1. The van der Waals surface area contributed by atoms with Crippen LogP contribution >= 0.6 is 0 Å². The fraction of sp³-hybridized carbons (Fsp3) is 0.333. The second-order valence-corrected chi connectivity index (χ2v) is 5.35. The number of amides is 1. The van der Waals surface area contributed by atoms with E-state index in [4.69, 9.17) is 9.47 Å². The van der Waals surface area contributed by atoms with Gasteiger partial charge in [0.2, 0.25) is 5.79 Å². The number of benzene rings is 1. The maximum atomic E-state index is 12.1. The van der Waals surface area contributed by atoms with Crippen molar-refractivity contribution in [2.24, 2.45) is 0 Å². The molecule has 1 aliphatic rings. The summed E-state index contributed by atoms with van der Waals surface area (Å²) >= 11 is 0. The molecule has 6 heteroatoms. The zero-order valence-electron chi connectivity index (χ0n) is 12.2. The number of hydrogen-bond acceptors (Lipinski definition) is 4. The number of rotatable bonds is 3. The van der Waals surface area contributed by atoms with Crippen molar-refractivity contribution in [3.8, 4) is 11.5 Å². The third kappa shape index (κ3) is 2.69. The normalized spacial score (nSPS) is 15.0. The van der Waals surface area contributed by atoms with E-state index in [0.29, 0.717) is 22.9 Å². The van der Waals surface area contributed by atoms with Gasteiger partial charge in [-0.3, -0.25) is 9.89 Å². The molecule has 0 bridgehead atoms. The molecule has 2 aromatic rings. The highest BCUT2D eigenvalue weighted by molar-refractivity contribution is 6.03. The molecule has 0 unspecified atom stereocenters. The van der Waals surface area contributed by atoms with E-state index in [0.717, 1.165) is 12.1 Å². The summed E-state index contributed by atoms with van der Waals surface area (Å²) in [7, 11) is 0. The molecule has 0 aliphatic carbocycles. The van der Waals surface area contributed by atoms with E-state index in [1.54, 1.807) is 24.3 Å². The Hall–Kier alpha value is -2.50. The summed E-state index contributed by atoms with van der Waals surface area (Å²) in [6.45, 7) is 5.66. The number of anilines is 1. The van der Waals surface area contributed by atoms with Crippen molar-refractivity contribution in [2.75, 3.05) is 5.32 Å². The van der Waals surface area contributed by atoms with Crippen LogP contribution < -0.4 is 14.8 Å². The van der Waals surface area contributed by atoms with Crippen LogP contribution in [0.1, 0.15) is 37.0 Å². The Labute approximate surface area is 122 Å². The fourth-order valence-electron chi connectivity index (χ4n) is 2.15. The smallest absolute Gasteiger partial charge is 0.276 e. The maximum Gasteiger partial charge on any atom is 0.276 e. The Morgan fingerprint density at radius 2 is 2.05 bits per heavy atom. The minimum absolute atomic E-state index is 0.260. The molecule has 0 radical (unpaired) electrons. The first kappa shape index (κ1) is 13.5. The van der Waals surface area contributed by atoms with Gasteiger partial charge in [-0.1, -0.05) is 6.92 Å². The van der Waals surface area contributed by atoms with Crippen molar-refractivity contribution in [1.82, 2.24) is 10.2 Å². The highest BCUT2D eigenvalue weighted by Gasteiger charge is 2.31. The van der Waals surface area contributed by atoms with Crippen LogP contribution in [0.4, 0.5) is 5.69 Å². The van der Waals surface area contributed by atoms with E-state index < -0.39 is 5.79 Å². The molecule has 1 aromatic carbocycles. The summed E-state index contributed by atoms with van der Waals surface area (Å²) in [5.41, 5.74) is 1.93. The largest absolute Gasteiger partial charge is 0.449 e. The third-order valence-corrected chi connectivity index (χ3v) is 3.16. The van der Waals surface area contributed by atoms with Crippen LogP contribution in [0.2, 0.25) is 0 Å². The van der Waals surface area contributed by atoms with E-state index in [2.05, 4.69) is 15.5 Å². The van der Waals surface area contributed by atoms with E-state index >= 15 is 0 Å². The lowest BCUT2D eigenvalue weighted by atomic mass is 10.2. The van der Waals surface area contributed by atoms with E-state index in [-0.39, 0.29) is 5.91 Å². The average molecular weight is 287 g/mol. The minimum Gasteiger partial charge on any atom is -0.449 e. The third-order valence-electron chi connectivity index (χ3n) is 3.16. The number of nitrogens with one attached hydrogen (secondary N) is 2. The molecule has 2 heterocycles. The SMILES string of the molecule is CCc1cc(C(=O)Nc2ccc3c(c2)OC(C)(C)O3)n[nH]1. The van der Waals surface area contributed by atoms with Gasteiger partial charge in [0, 0.05) is 31.3 Å². The van der Waals surface area contributed by atoms with Crippen LogP contribution in [0.25, 0.3) is 0 Å². The molecule has 1 aliphatic heterocycles. The predicted octanol–water partition coefficient (Wildman–Crippen LogP) is 2.73. The van der Waals surface area contributed by atoms with Crippen LogP contribution in [-0.4, -0.2) is 21.9 Å². The monoisotopic (exact) mass is 287 g/mol.